The average Bonchev–Trinajstić information content (AvgIpc) is 3.44. The fourth-order valence-corrected chi connectivity index (χ4v) is 6.29. The Hall–Kier alpha value is -3.42. The number of esters is 1. The molecule has 2 amide bonds. The highest BCUT2D eigenvalue weighted by atomic mass is 28.4. The van der Waals surface area contributed by atoms with Crippen LogP contribution in [0.2, 0.25) is 18.1 Å². The molecule has 0 aliphatic carbocycles. The first-order valence-electron chi connectivity index (χ1n) is 14.7. The predicted octanol–water partition coefficient (Wildman–Crippen LogP) is 5.94. The minimum atomic E-state index is -5.21. The number of alkyl halides is 3. The number of carbonyl (C=O) groups excluding carboxylic acids is 3. The molecule has 2 aromatic carbocycles. The van der Waals surface area contributed by atoms with Crippen LogP contribution in [0.1, 0.15) is 44.7 Å². The molecule has 248 valence electrons. The van der Waals surface area contributed by atoms with Gasteiger partial charge in [-0.1, -0.05) is 81.4 Å². The number of amides is 2. The number of nitrogens with zero attached hydrogens (tertiary/aromatic N) is 1. The molecule has 1 saturated heterocycles. The first-order chi connectivity index (χ1) is 21.0. The Morgan fingerprint density at radius 1 is 0.978 bits per heavy atom. The smallest absolute Gasteiger partial charge is 0.430 e. The summed E-state index contributed by atoms with van der Waals surface area (Å²) in [5, 5.41) is 2.13. The third-order valence-electron chi connectivity index (χ3n) is 8.89. The lowest BCUT2D eigenvalue weighted by Gasteiger charge is -2.45. The van der Waals surface area contributed by atoms with Crippen molar-refractivity contribution in [3.05, 3.63) is 71.8 Å². The lowest BCUT2D eigenvalue weighted by Crippen LogP contribution is -2.70. The van der Waals surface area contributed by atoms with Gasteiger partial charge < -0.3 is 24.0 Å². The van der Waals surface area contributed by atoms with E-state index in [2.05, 4.69) is 5.32 Å². The first kappa shape index (κ1) is 36.0. The van der Waals surface area contributed by atoms with Crippen LogP contribution in [0.4, 0.5) is 18.0 Å². The molecule has 1 aliphatic heterocycles. The highest BCUT2D eigenvalue weighted by Crippen LogP contribution is 2.44. The quantitative estimate of drug-likeness (QED) is 0.237. The summed E-state index contributed by atoms with van der Waals surface area (Å²) < 4.78 is 66.7. The highest BCUT2D eigenvalue weighted by Gasteiger charge is 2.65. The van der Waals surface area contributed by atoms with E-state index in [-0.39, 0.29) is 37.6 Å². The summed E-state index contributed by atoms with van der Waals surface area (Å²) >= 11 is 0. The van der Waals surface area contributed by atoms with E-state index in [1.54, 1.807) is 30.3 Å². The van der Waals surface area contributed by atoms with Gasteiger partial charge in [-0.15, -0.1) is 0 Å². The number of methoxy groups -OCH3 is 2. The van der Waals surface area contributed by atoms with Gasteiger partial charge >= 0.3 is 18.2 Å². The molecule has 1 fully saturated rings. The van der Waals surface area contributed by atoms with Gasteiger partial charge in [0.1, 0.15) is 6.61 Å². The number of ether oxygens (including phenoxy) is 3. The summed E-state index contributed by atoms with van der Waals surface area (Å²) in [5.74, 6) is -2.49. The number of hydrogen-bond donors (Lipinski definition) is 1. The summed E-state index contributed by atoms with van der Waals surface area (Å²) in [5.41, 5.74) is -5.14. The van der Waals surface area contributed by atoms with Gasteiger partial charge in [-0.3, -0.25) is 9.69 Å². The molecule has 1 aliphatic rings. The number of hydrogen-bond acceptors (Lipinski definition) is 7. The van der Waals surface area contributed by atoms with Gasteiger partial charge in [-0.2, -0.15) is 13.2 Å². The van der Waals surface area contributed by atoms with E-state index in [1.807, 2.05) is 33.9 Å². The van der Waals surface area contributed by atoms with E-state index >= 15 is 0 Å². The Morgan fingerprint density at radius 2 is 1.56 bits per heavy atom. The van der Waals surface area contributed by atoms with Crippen molar-refractivity contribution in [1.29, 1.82) is 0 Å². The monoisotopic (exact) mass is 652 g/mol. The number of rotatable bonds is 11. The van der Waals surface area contributed by atoms with E-state index in [0.29, 0.717) is 5.56 Å². The van der Waals surface area contributed by atoms with Crippen LogP contribution in [-0.2, 0) is 40.4 Å². The lowest BCUT2D eigenvalue weighted by molar-refractivity contribution is -0.266. The predicted molar refractivity (Wildman–Crippen MR) is 164 cm³/mol. The minimum Gasteiger partial charge on any atom is -0.467 e. The Labute approximate surface area is 263 Å². The van der Waals surface area contributed by atoms with Crippen LogP contribution in [0, 0.1) is 0 Å². The van der Waals surface area contributed by atoms with Crippen LogP contribution in [-0.4, -0.2) is 76.3 Å². The van der Waals surface area contributed by atoms with E-state index in [4.69, 9.17) is 18.6 Å². The maximum atomic E-state index is 14.9. The summed E-state index contributed by atoms with van der Waals surface area (Å²) in [7, 11) is -0.697. The second kappa shape index (κ2) is 13.9. The maximum Gasteiger partial charge on any atom is 0.430 e. The summed E-state index contributed by atoms with van der Waals surface area (Å²) in [6.07, 6.45) is -5.83. The molecule has 45 heavy (non-hydrogen) atoms. The molecular formula is C32H43F3N2O7Si. The normalized spacial score (nSPS) is 19.4. The van der Waals surface area contributed by atoms with Crippen LogP contribution < -0.4 is 5.32 Å². The van der Waals surface area contributed by atoms with E-state index in [1.165, 1.54) is 18.2 Å². The van der Waals surface area contributed by atoms with Crippen LogP contribution in [0.25, 0.3) is 0 Å². The number of likely N-dealkylation sites (tertiary alicyclic amines) is 1. The van der Waals surface area contributed by atoms with Gasteiger partial charge in [0.25, 0.3) is 11.5 Å². The van der Waals surface area contributed by atoms with Gasteiger partial charge in [-0.05, 0) is 36.5 Å². The van der Waals surface area contributed by atoms with Crippen molar-refractivity contribution >= 4 is 26.3 Å². The summed E-state index contributed by atoms with van der Waals surface area (Å²) in [6.45, 7) is 9.31. The van der Waals surface area contributed by atoms with Crippen molar-refractivity contribution in [2.24, 2.45) is 0 Å². The number of benzene rings is 2. The summed E-state index contributed by atoms with van der Waals surface area (Å²) in [6, 6.07) is 13.9. The molecule has 0 aromatic heterocycles. The number of nitrogens with one attached hydrogen (secondary N) is 1. The van der Waals surface area contributed by atoms with Gasteiger partial charge in [-0.25, -0.2) is 9.59 Å². The molecule has 3 atom stereocenters. The molecule has 0 saturated carbocycles. The Morgan fingerprint density at radius 3 is 2.07 bits per heavy atom. The molecule has 1 heterocycles. The minimum absolute atomic E-state index is 0.0245. The summed E-state index contributed by atoms with van der Waals surface area (Å²) in [4.78, 5) is 42.4. The third-order valence-corrected chi connectivity index (χ3v) is 13.4. The van der Waals surface area contributed by atoms with Crippen LogP contribution >= 0.6 is 0 Å². The molecule has 1 N–H and O–H groups in total. The number of halogens is 3. The molecule has 0 bridgehead atoms. The standard InChI is InChI=1S/C32H43F3N2O7Si/c1-29(2,3)45(6,7)44-22-25(36-26(38)31(42-5,32(33,34)35)24-17-12-9-13-18-24)30(27(39)41-4)19-14-20-37(30)28(40)43-21-23-15-10-8-11-16-23/h8-13,15-18,25H,14,19-22H2,1-7H3,(H,36,38)/t25-,30+,31-/m0/s1. The molecular weight excluding hydrogens is 609 g/mol. The van der Waals surface area contributed by atoms with Crippen LogP contribution in [0.5, 0.6) is 0 Å². The topological polar surface area (TPSA) is 103 Å². The van der Waals surface area contributed by atoms with Gasteiger partial charge in [0.05, 0.1) is 19.8 Å². The zero-order valence-corrected chi connectivity index (χ0v) is 27.8. The van der Waals surface area contributed by atoms with Gasteiger partial charge in [0.2, 0.25) is 0 Å². The Bertz CT molecular complexity index is 1320. The zero-order chi connectivity index (χ0) is 33.7. The molecule has 9 nitrogen and oxygen atoms in total. The largest absolute Gasteiger partial charge is 0.467 e. The highest BCUT2D eigenvalue weighted by molar-refractivity contribution is 6.74. The average molecular weight is 653 g/mol. The van der Waals surface area contributed by atoms with E-state index in [9.17, 15) is 27.6 Å². The second-order valence-electron chi connectivity index (χ2n) is 12.6. The van der Waals surface area contributed by atoms with E-state index in [0.717, 1.165) is 31.3 Å². The van der Waals surface area contributed by atoms with Crippen molar-refractivity contribution in [3.63, 3.8) is 0 Å². The zero-order valence-electron chi connectivity index (χ0n) is 26.8. The Kier molecular flexibility index (Phi) is 11.1. The second-order valence-corrected chi connectivity index (χ2v) is 17.4. The SMILES string of the molecule is COC(=O)[C@]1([C@H](CO[Si](C)(C)C(C)(C)C)NC(=O)[C@@](OC)(c2ccccc2)C(F)(F)F)CCCN1C(=O)OCc1ccccc1. The molecule has 0 radical (unpaired) electrons. The van der Waals surface area contributed by atoms with Crippen LogP contribution in [0.15, 0.2) is 60.7 Å². The van der Waals surface area contributed by atoms with Crippen molar-refractivity contribution in [2.75, 3.05) is 27.4 Å². The fourth-order valence-electron chi connectivity index (χ4n) is 5.28. The first-order valence-corrected chi connectivity index (χ1v) is 17.6. The fraction of sp³-hybridized carbons (Fsp3) is 0.531. The third kappa shape index (κ3) is 7.20. The van der Waals surface area contributed by atoms with Gasteiger partial charge in [0, 0.05) is 19.2 Å². The molecule has 3 rings (SSSR count). The molecule has 2 aromatic rings. The van der Waals surface area contributed by atoms with E-state index < -0.39 is 55.2 Å². The van der Waals surface area contributed by atoms with Crippen molar-refractivity contribution < 1.29 is 46.2 Å². The van der Waals surface area contributed by atoms with Gasteiger partial charge in [0.15, 0.2) is 13.9 Å². The molecule has 0 unspecified atom stereocenters. The lowest BCUT2D eigenvalue weighted by atomic mass is 9.85. The van der Waals surface area contributed by atoms with Crippen molar-refractivity contribution in [3.8, 4) is 0 Å². The molecule has 0 spiro atoms. The Balaban J connectivity index is 2.12. The van der Waals surface area contributed by atoms with Crippen molar-refractivity contribution in [1.82, 2.24) is 10.2 Å². The number of carbonyl (C=O) groups is 3. The van der Waals surface area contributed by atoms with Crippen LogP contribution in [0.3, 0.4) is 0 Å². The maximum absolute atomic E-state index is 14.9. The molecule has 13 heteroatoms. The van der Waals surface area contributed by atoms with Crippen molar-refractivity contribution in [2.45, 2.75) is 81.7 Å².